The van der Waals surface area contributed by atoms with E-state index in [1.54, 1.807) is 4.67 Å². The van der Waals surface area contributed by atoms with E-state index in [0.29, 0.717) is 37.9 Å². The zero-order valence-electron chi connectivity index (χ0n) is 13.1. The summed E-state index contributed by atoms with van der Waals surface area (Å²) in [6, 6.07) is 2.69. The van der Waals surface area contributed by atoms with Gasteiger partial charge < -0.3 is 4.42 Å². The van der Waals surface area contributed by atoms with Gasteiger partial charge in [-0.05, 0) is 18.9 Å². The van der Waals surface area contributed by atoms with E-state index in [4.69, 9.17) is 32.1 Å². The fraction of sp³-hybridized carbons (Fsp3) is 0.692. The van der Waals surface area contributed by atoms with Crippen LogP contribution in [0.3, 0.4) is 0 Å². The van der Waals surface area contributed by atoms with Crippen LogP contribution in [0.15, 0.2) is 16.5 Å². The second-order valence-electron chi connectivity index (χ2n) is 5.25. The Morgan fingerprint density at radius 2 is 1.92 bits per heavy atom. The maximum absolute atomic E-state index is 13.5. The average Bonchev–Trinajstić information content (AvgIpc) is 3.24. The summed E-state index contributed by atoms with van der Waals surface area (Å²) in [5.74, 6) is 0.468. The van der Waals surface area contributed by atoms with Gasteiger partial charge in [0.2, 0.25) is 0 Å². The number of hydrogen-bond acceptors (Lipinski definition) is 5. The van der Waals surface area contributed by atoms with Gasteiger partial charge in [0.25, 0.3) is 0 Å². The summed E-state index contributed by atoms with van der Waals surface area (Å²) >= 11 is 11.7. The third kappa shape index (κ3) is 4.71. The van der Waals surface area contributed by atoms with Crippen molar-refractivity contribution in [3.63, 3.8) is 0 Å². The second kappa shape index (κ2) is 9.17. The predicted octanol–water partition coefficient (Wildman–Crippen LogP) is 3.69. The molecule has 0 radical (unpaired) electrons. The Kier molecular flexibility index (Phi) is 7.53. The summed E-state index contributed by atoms with van der Waals surface area (Å²) in [6.45, 7) is 1.96. The highest BCUT2D eigenvalue weighted by Gasteiger charge is 2.40. The molecule has 2 heterocycles. The Morgan fingerprint density at radius 1 is 1.29 bits per heavy atom. The minimum atomic E-state index is -3.32. The van der Waals surface area contributed by atoms with E-state index in [-0.39, 0.29) is 18.3 Å². The molecule has 0 N–H and O–H groups in total. The van der Waals surface area contributed by atoms with Crippen molar-refractivity contribution in [3.8, 4) is 0 Å². The Morgan fingerprint density at radius 3 is 2.42 bits per heavy atom. The molecule has 24 heavy (non-hydrogen) atoms. The van der Waals surface area contributed by atoms with Gasteiger partial charge in [0.15, 0.2) is 0 Å². The Balaban J connectivity index is 2.14. The number of furan rings is 1. The zero-order chi connectivity index (χ0) is 17.6. The summed E-state index contributed by atoms with van der Waals surface area (Å²) in [4.78, 5) is 10.0. The molecular formula is C13H20Cl2N3O5P. The van der Waals surface area contributed by atoms with Gasteiger partial charge in [-0.15, -0.1) is 23.2 Å². The molecule has 1 aromatic heterocycles. The van der Waals surface area contributed by atoms with Crippen LogP contribution in [0.5, 0.6) is 0 Å². The Bertz CT molecular complexity index is 588. The summed E-state index contributed by atoms with van der Waals surface area (Å²) < 4.78 is 27.8. The van der Waals surface area contributed by atoms with Crippen LogP contribution in [0.4, 0.5) is 5.88 Å². The molecule has 0 saturated carbocycles. The molecular weight excluding hydrogens is 380 g/mol. The standard InChI is InChI=1S/C13H20Cl2N3O5P/c14-5-9-17(10-6-15)24(21,16-7-1-2-8-16)22-11-12-3-4-13(23-12)18(19)20/h3-4H,1-2,5-11H2. The monoisotopic (exact) mass is 399 g/mol. The third-order valence-electron chi connectivity index (χ3n) is 3.68. The average molecular weight is 400 g/mol. The quantitative estimate of drug-likeness (QED) is 0.256. The van der Waals surface area contributed by atoms with Crippen molar-refractivity contribution in [1.82, 2.24) is 9.34 Å². The number of rotatable bonds is 10. The molecule has 0 bridgehead atoms. The molecule has 0 aliphatic carbocycles. The Labute approximate surface area is 150 Å². The molecule has 11 heteroatoms. The number of alkyl halides is 2. The molecule has 1 aromatic rings. The highest BCUT2D eigenvalue weighted by molar-refractivity contribution is 7.54. The molecule has 8 nitrogen and oxygen atoms in total. The van der Waals surface area contributed by atoms with Gasteiger partial charge in [-0.3, -0.25) is 19.2 Å². The van der Waals surface area contributed by atoms with Crippen LogP contribution in [0.2, 0.25) is 0 Å². The van der Waals surface area contributed by atoms with Gasteiger partial charge in [0, 0.05) is 37.9 Å². The van der Waals surface area contributed by atoms with Crippen LogP contribution < -0.4 is 0 Å². The minimum Gasteiger partial charge on any atom is -0.403 e. The Hall–Kier alpha value is -0.630. The van der Waals surface area contributed by atoms with E-state index < -0.39 is 12.6 Å². The van der Waals surface area contributed by atoms with E-state index in [1.807, 2.05) is 4.67 Å². The normalized spacial score (nSPS) is 18.1. The van der Waals surface area contributed by atoms with Crippen LogP contribution in [0.25, 0.3) is 0 Å². The van der Waals surface area contributed by atoms with Crippen molar-refractivity contribution in [1.29, 1.82) is 0 Å². The van der Waals surface area contributed by atoms with Crippen molar-refractivity contribution in [2.75, 3.05) is 37.9 Å². The van der Waals surface area contributed by atoms with Crippen molar-refractivity contribution >= 4 is 36.8 Å². The van der Waals surface area contributed by atoms with Gasteiger partial charge in [-0.1, -0.05) is 0 Å². The molecule has 136 valence electrons. The predicted molar refractivity (Wildman–Crippen MR) is 91.6 cm³/mol. The molecule has 1 unspecified atom stereocenters. The molecule has 1 aliphatic heterocycles. The summed E-state index contributed by atoms with van der Waals surface area (Å²) in [7, 11) is -3.32. The van der Waals surface area contributed by atoms with E-state index in [1.165, 1.54) is 12.1 Å². The largest absolute Gasteiger partial charge is 0.433 e. The van der Waals surface area contributed by atoms with E-state index in [2.05, 4.69) is 0 Å². The molecule has 1 aliphatic rings. The van der Waals surface area contributed by atoms with Gasteiger partial charge >= 0.3 is 13.6 Å². The summed E-state index contributed by atoms with van der Waals surface area (Å²) in [5, 5.41) is 10.7. The van der Waals surface area contributed by atoms with Crippen molar-refractivity contribution in [2.45, 2.75) is 19.4 Å². The number of halogens is 2. The van der Waals surface area contributed by atoms with Crippen LogP contribution in [-0.4, -0.2) is 52.2 Å². The third-order valence-corrected chi connectivity index (χ3v) is 6.72. The number of nitro groups is 1. The minimum absolute atomic E-state index is 0.122. The molecule has 1 atom stereocenters. The maximum atomic E-state index is 13.5. The van der Waals surface area contributed by atoms with E-state index in [9.17, 15) is 14.7 Å². The van der Waals surface area contributed by atoms with Crippen molar-refractivity contribution in [2.24, 2.45) is 0 Å². The van der Waals surface area contributed by atoms with E-state index >= 15 is 0 Å². The topological polar surface area (TPSA) is 89.1 Å². The molecule has 1 fully saturated rings. The van der Waals surface area contributed by atoms with Gasteiger partial charge in [0.05, 0.1) is 6.07 Å². The summed E-state index contributed by atoms with van der Waals surface area (Å²) in [6.07, 6.45) is 1.88. The first kappa shape index (κ1) is 19.7. The van der Waals surface area contributed by atoms with Gasteiger partial charge in [-0.25, -0.2) is 9.34 Å². The van der Waals surface area contributed by atoms with Crippen LogP contribution in [0.1, 0.15) is 18.6 Å². The highest BCUT2D eigenvalue weighted by Crippen LogP contribution is 2.56. The lowest BCUT2D eigenvalue weighted by Crippen LogP contribution is -2.34. The van der Waals surface area contributed by atoms with Gasteiger partial charge in [-0.2, -0.15) is 0 Å². The second-order valence-corrected chi connectivity index (χ2v) is 8.38. The summed E-state index contributed by atoms with van der Waals surface area (Å²) in [5.41, 5.74) is 0. The fourth-order valence-corrected chi connectivity index (χ4v) is 5.66. The SMILES string of the molecule is O=[N+]([O-])c1ccc(COP(=O)(N(CCCl)CCCl)N2CCCC2)o1. The molecule has 0 aromatic carbocycles. The van der Waals surface area contributed by atoms with E-state index in [0.717, 1.165) is 12.8 Å². The first-order valence-electron chi connectivity index (χ1n) is 7.61. The molecule has 1 saturated heterocycles. The lowest BCUT2D eigenvalue weighted by molar-refractivity contribution is -0.402. The first-order chi connectivity index (χ1) is 11.5. The fourth-order valence-electron chi connectivity index (χ4n) is 2.55. The lowest BCUT2D eigenvalue weighted by Gasteiger charge is -2.35. The number of nitrogens with zero attached hydrogens (tertiary/aromatic N) is 3. The van der Waals surface area contributed by atoms with Crippen molar-refractivity contribution < 1.29 is 18.4 Å². The molecule has 0 spiro atoms. The van der Waals surface area contributed by atoms with Crippen LogP contribution in [0, 0.1) is 10.1 Å². The molecule has 0 amide bonds. The lowest BCUT2D eigenvalue weighted by atomic mass is 10.4. The highest BCUT2D eigenvalue weighted by atomic mass is 35.5. The zero-order valence-corrected chi connectivity index (χ0v) is 15.5. The van der Waals surface area contributed by atoms with Crippen LogP contribution in [-0.2, 0) is 15.7 Å². The molecule has 2 rings (SSSR count). The number of hydrogen-bond donors (Lipinski definition) is 0. The van der Waals surface area contributed by atoms with Crippen LogP contribution >= 0.6 is 30.9 Å². The maximum Gasteiger partial charge on any atom is 0.433 e. The van der Waals surface area contributed by atoms with Gasteiger partial charge in [0.1, 0.15) is 17.3 Å². The van der Waals surface area contributed by atoms with Crippen molar-refractivity contribution in [3.05, 3.63) is 28.0 Å². The first-order valence-corrected chi connectivity index (χ1v) is 10.2. The smallest absolute Gasteiger partial charge is 0.403 e.